The van der Waals surface area contributed by atoms with Crippen LogP contribution in [-0.4, -0.2) is 71.3 Å². The Balaban J connectivity index is 1.53. The number of piperidine rings is 1. The van der Waals surface area contributed by atoms with Gasteiger partial charge in [-0.2, -0.15) is 5.10 Å². The minimum Gasteiger partial charge on any atom is -0.366 e. The molecule has 25 heavy (non-hydrogen) atoms. The number of hydrogen-bond donors (Lipinski definition) is 0. The SMILES string of the molecule is CC1CCN(C(=O)CN2CCN(c3cnn(C)c(=O)c3Cl)CC2)CC1. The summed E-state index contributed by atoms with van der Waals surface area (Å²) in [6.07, 6.45) is 3.85. The highest BCUT2D eigenvalue weighted by atomic mass is 35.5. The Morgan fingerprint density at radius 2 is 1.84 bits per heavy atom. The van der Waals surface area contributed by atoms with Gasteiger partial charge in [0, 0.05) is 46.3 Å². The second-order valence-corrected chi connectivity index (χ2v) is 7.48. The van der Waals surface area contributed by atoms with Crippen LogP contribution in [0.2, 0.25) is 5.02 Å². The van der Waals surface area contributed by atoms with E-state index >= 15 is 0 Å². The number of halogens is 1. The van der Waals surface area contributed by atoms with E-state index in [-0.39, 0.29) is 16.5 Å². The van der Waals surface area contributed by atoms with Crippen LogP contribution in [0.15, 0.2) is 11.0 Å². The van der Waals surface area contributed by atoms with Crippen molar-refractivity contribution >= 4 is 23.2 Å². The van der Waals surface area contributed by atoms with Crippen LogP contribution in [0.25, 0.3) is 0 Å². The van der Waals surface area contributed by atoms with E-state index < -0.39 is 0 Å². The molecule has 3 heterocycles. The zero-order valence-electron chi connectivity index (χ0n) is 14.9. The fourth-order valence-electron chi connectivity index (χ4n) is 3.42. The number of hydrogen-bond acceptors (Lipinski definition) is 5. The Labute approximate surface area is 153 Å². The summed E-state index contributed by atoms with van der Waals surface area (Å²) in [6, 6.07) is 0. The quantitative estimate of drug-likeness (QED) is 0.791. The number of nitrogens with zero attached hydrogens (tertiary/aromatic N) is 5. The molecule has 2 aliphatic heterocycles. The lowest BCUT2D eigenvalue weighted by atomic mass is 9.99. The molecule has 3 rings (SSSR count). The van der Waals surface area contributed by atoms with Crippen LogP contribution in [0.3, 0.4) is 0 Å². The highest BCUT2D eigenvalue weighted by Crippen LogP contribution is 2.22. The number of carbonyl (C=O) groups is 1. The minimum atomic E-state index is -0.281. The molecule has 2 saturated heterocycles. The van der Waals surface area contributed by atoms with Crippen LogP contribution in [0.5, 0.6) is 0 Å². The lowest BCUT2D eigenvalue weighted by Gasteiger charge is -2.37. The number of carbonyl (C=O) groups excluding carboxylic acids is 1. The van der Waals surface area contributed by atoms with Gasteiger partial charge in [-0.25, -0.2) is 4.68 Å². The van der Waals surface area contributed by atoms with Gasteiger partial charge in [-0.15, -0.1) is 0 Å². The maximum Gasteiger partial charge on any atom is 0.287 e. The molecule has 8 heteroatoms. The molecular formula is C17H26ClN5O2. The van der Waals surface area contributed by atoms with Crippen molar-refractivity contribution in [3.05, 3.63) is 21.6 Å². The summed E-state index contributed by atoms with van der Waals surface area (Å²) in [7, 11) is 1.59. The second-order valence-electron chi connectivity index (χ2n) is 7.10. The maximum atomic E-state index is 12.5. The first-order valence-corrected chi connectivity index (χ1v) is 9.30. The first-order valence-electron chi connectivity index (χ1n) is 8.92. The van der Waals surface area contributed by atoms with E-state index in [1.165, 1.54) is 4.68 Å². The third-order valence-corrected chi connectivity index (χ3v) is 5.62. The molecule has 0 atom stereocenters. The van der Waals surface area contributed by atoms with Gasteiger partial charge in [0.2, 0.25) is 5.91 Å². The topological polar surface area (TPSA) is 61.7 Å². The van der Waals surface area contributed by atoms with Gasteiger partial charge in [0.25, 0.3) is 5.56 Å². The minimum absolute atomic E-state index is 0.212. The van der Waals surface area contributed by atoms with Crippen molar-refractivity contribution in [2.45, 2.75) is 19.8 Å². The van der Waals surface area contributed by atoms with E-state index in [0.29, 0.717) is 12.2 Å². The van der Waals surface area contributed by atoms with Crippen molar-refractivity contribution in [1.29, 1.82) is 0 Å². The molecule has 0 N–H and O–H groups in total. The maximum absolute atomic E-state index is 12.5. The largest absolute Gasteiger partial charge is 0.366 e. The van der Waals surface area contributed by atoms with Gasteiger partial charge in [-0.3, -0.25) is 14.5 Å². The molecule has 1 aromatic heterocycles. The molecule has 0 radical (unpaired) electrons. The number of aromatic nitrogens is 2. The van der Waals surface area contributed by atoms with Crippen LogP contribution >= 0.6 is 11.6 Å². The number of aryl methyl sites for hydroxylation is 1. The summed E-state index contributed by atoms with van der Waals surface area (Å²) in [6.45, 7) is 7.52. The molecule has 2 fully saturated rings. The highest BCUT2D eigenvalue weighted by molar-refractivity contribution is 6.33. The van der Waals surface area contributed by atoms with Crippen LogP contribution in [0.1, 0.15) is 19.8 Å². The van der Waals surface area contributed by atoms with E-state index in [2.05, 4.69) is 21.8 Å². The van der Waals surface area contributed by atoms with Crippen LogP contribution in [-0.2, 0) is 11.8 Å². The summed E-state index contributed by atoms with van der Waals surface area (Å²) in [5, 5.41) is 4.27. The third kappa shape index (κ3) is 4.15. The monoisotopic (exact) mass is 367 g/mol. The number of rotatable bonds is 3. The Morgan fingerprint density at radius 1 is 1.20 bits per heavy atom. The predicted molar refractivity (Wildman–Crippen MR) is 98.1 cm³/mol. The third-order valence-electron chi connectivity index (χ3n) is 5.27. The Bertz CT molecular complexity index is 676. The molecule has 0 unspecified atom stereocenters. The first-order chi connectivity index (χ1) is 12.0. The van der Waals surface area contributed by atoms with Crippen molar-refractivity contribution < 1.29 is 4.79 Å². The average Bonchev–Trinajstić information content (AvgIpc) is 2.61. The van der Waals surface area contributed by atoms with Crippen LogP contribution in [0, 0.1) is 5.92 Å². The molecular weight excluding hydrogens is 342 g/mol. The molecule has 0 aliphatic carbocycles. The Morgan fingerprint density at radius 3 is 2.48 bits per heavy atom. The van der Waals surface area contributed by atoms with Gasteiger partial charge in [0.1, 0.15) is 5.02 Å². The zero-order valence-corrected chi connectivity index (χ0v) is 15.7. The zero-order chi connectivity index (χ0) is 18.0. The van der Waals surface area contributed by atoms with Crippen molar-refractivity contribution in [1.82, 2.24) is 19.6 Å². The van der Waals surface area contributed by atoms with Crippen molar-refractivity contribution in [2.24, 2.45) is 13.0 Å². The molecule has 138 valence electrons. The van der Waals surface area contributed by atoms with Gasteiger partial charge >= 0.3 is 0 Å². The molecule has 0 bridgehead atoms. The predicted octanol–water partition coefficient (Wildman–Crippen LogP) is 0.814. The number of amides is 1. The summed E-state index contributed by atoms with van der Waals surface area (Å²) in [5.41, 5.74) is 0.400. The summed E-state index contributed by atoms with van der Waals surface area (Å²) < 4.78 is 1.24. The smallest absolute Gasteiger partial charge is 0.287 e. The summed E-state index contributed by atoms with van der Waals surface area (Å²) in [4.78, 5) is 30.6. The van der Waals surface area contributed by atoms with E-state index in [1.807, 2.05) is 4.90 Å². The fraction of sp³-hybridized carbons (Fsp3) is 0.706. The van der Waals surface area contributed by atoms with Crippen molar-refractivity contribution in [3.8, 4) is 0 Å². The summed E-state index contributed by atoms with van der Waals surface area (Å²) in [5.74, 6) is 0.957. The summed E-state index contributed by atoms with van der Waals surface area (Å²) >= 11 is 6.18. The molecule has 0 spiro atoms. The van der Waals surface area contributed by atoms with Crippen LogP contribution in [0.4, 0.5) is 5.69 Å². The molecule has 2 aliphatic rings. The molecule has 7 nitrogen and oxygen atoms in total. The van der Waals surface area contributed by atoms with E-state index in [0.717, 1.165) is 58.0 Å². The molecule has 0 aromatic carbocycles. The first kappa shape index (κ1) is 18.2. The number of piperazine rings is 1. The van der Waals surface area contributed by atoms with Gasteiger partial charge < -0.3 is 9.80 Å². The van der Waals surface area contributed by atoms with Gasteiger partial charge in [0.05, 0.1) is 18.4 Å². The van der Waals surface area contributed by atoms with Crippen LogP contribution < -0.4 is 10.5 Å². The number of likely N-dealkylation sites (tertiary alicyclic amines) is 1. The molecule has 1 amide bonds. The highest BCUT2D eigenvalue weighted by Gasteiger charge is 2.25. The lowest BCUT2D eigenvalue weighted by molar-refractivity contribution is -0.133. The Hall–Kier alpha value is -1.60. The normalized spacial score (nSPS) is 20.1. The second kappa shape index (κ2) is 7.74. The van der Waals surface area contributed by atoms with E-state index in [9.17, 15) is 9.59 Å². The standard InChI is InChI=1S/C17H26ClN5O2/c1-13-3-5-23(6-4-13)15(24)12-21-7-9-22(10-8-21)14-11-19-20(2)17(25)16(14)18/h11,13H,3-10,12H2,1-2H3. The van der Waals surface area contributed by atoms with E-state index in [1.54, 1.807) is 13.2 Å². The Kier molecular flexibility index (Phi) is 5.64. The average molecular weight is 368 g/mol. The van der Waals surface area contributed by atoms with E-state index in [4.69, 9.17) is 11.6 Å². The molecule has 1 aromatic rings. The number of anilines is 1. The van der Waals surface area contributed by atoms with Gasteiger partial charge in [-0.1, -0.05) is 18.5 Å². The van der Waals surface area contributed by atoms with Gasteiger partial charge in [0.15, 0.2) is 0 Å². The van der Waals surface area contributed by atoms with Gasteiger partial charge in [-0.05, 0) is 18.8 Å². The lowest BCUT2D eigenvalue weighted by Crippen LogP contribution is -2.51. The fourth-order valence-corrected chi connectivity index (χ4v) is 3.71. The molecule has 0 saturated carbocycles. The van der Waals surface area contributed by atoms with Crippen molar-refractivity contribution in [2.75, 3.05) is 50.7 Å². The van der Waals surface area contributed by atoms with Crippen molar-refractivity contribution in [3.63, 3.8) is 0 Å².